The first-order chi connectivity index (χ1) is 9.05. The van der Waals surface area contributed by atoms with Crippen LogP contribution in [-0.4, -0.2) is 9.67 Å². The Morgan fingerprint density at radius 2 is 2.26 bits per heavy atom. The smallest absolute Gasteiger partial charge is 0.0812 e. The Labute approximate surface area is 118 Å². The van der Waals surface area contributed by atoms with Gasteiger partial charge in [0.05, 0.1) is 6.10 Å². The van der Waals surface area contributed by atoms with Crippen LogP contribution in [0.25, 0.3) is 0 Å². The van der Waals surface area contributed by atoms with Crippen molar-refractivity contribution in [2.24, 2.45) is 5.41 Å². The van der Waals surface area contributed by atoms with E-state index in [2.05, 4.69) is 47.5 Å². The van der Waals surface area contributed by atoms with Crippen molar-refractivity contribution in [3.63, 3.8) is 0 Å². The van der Waals surface area contributed by atoms with Crippen molar-refractivity contribution >= 4 is 11.3 Å². The molecule has 3 heteroatoms. The SMILES string of the molecule is CC1(C)Cc2c(ccn2CCc2ccsc2)C(O)C1. The Morgan fingerprint density at radius 3 is 3.00 bits per heavy atom. The van der Waals surface area contributed by atoms with Gasteiger partial charge in [-0.15, -0.1) is 0 Å². The number of aliphatic hydroxyl groups excluding tert-OH is 1. The highest BCUT2D eigenvalue weighted by Crippen LogP contribution is 2.41. The molecule has 0 spiro atoms. The Morgan fingerprint density at radius 1 is 1.42 bits per heavy atom. The topological polar surface area (TPSA) is 25.2 Å². The molecular formula is C16H21NOS. The van der Waals surface area contributed by atoms with Gasteiger partial charge in [-0.1, -0.05) is 13.8 Å². The van der Waals surface area contributed by atoms with Gasteiger partial charge in [-0.25, -0.2) is 0 Å². The number of hydrogen-bond donors (Lipinski definition) is 1. The maximum absolute atomic E-state index is 10.3. The standard InChI is InChI=1S/C16H21NOS/c1-16(2)9-14-13(15(18)10-16)4-7-17(14)6-3-12-5-8-19-11-12/h4-5,7-8,11,15,18H,3,6,9-10H2,1-2H3. The summed E-state index contributed by atoms with van der Waals surface area (Å²) in [5.41, 5.74) is 4.08. The van der Waals surface area contributed by atoms with E-state index in [9.17, 15) is 5.11 Å². The summed E-state index contributed by atoms with van der Waals surface area (Å²) in [4.78, 5) is 0. The van der Waals surface area contributed by atoms with Gasteiger partial charge in [0.1, 0.15) is 0 Å². The van der Waals surface area contributed by atoms with E-state index in [-0.39, 0.29) is 11.5 Å². The Bertz CT molecular complexity index is 553. The van der Waals surface area contributed by atoms with E-state index < -0.39 is 0 Å². The highest BCUT2D eigenvalue weighted by molar-refractivity contribution is 7.07. The van der Waals surface area contributed by atoms with Gasteiger partial charge in [0.2, 0.25) is 0 Å². The van der Waals surface area contributed by atoms with Gasteiger partial charge in [0.15, 0.2) is 0 Å². The maximum Gasteiger partial charge on any atom is 0.0812 e. The average molecular weight is 275 g/mol. The van der Waals surface area contributed by atoms with Crippen molar-refractivity contribution < 1.29 is 5.11 Å². The molecule has 2 heterocycles. The van der Waals surface area contributed by atoms with E-state index in [0.29, 0.717) is 0 Å². The summed E-state index contributed by atoms with van der Waals surface area (Å²) >= 11 is 1.76. The molecule has 2 aromatic heterocycles. The molecular weight excluding hydrogens is 254 g/mol. The maximum atomic E-state index is 10.3. The molecule has 1 aliphatic rings. The summed E-state index contributed by atoms with van der Waals surface area (Å²) in [7, 11) is 0. The zero-order valence-corrected chi connectivity index (χ0v) is 12.4. The molecule has 0 radical (unpaired) electrons. The third-order valence-corrected chi connectivity index (χ3v) is 4.82. The number of aryl methyl sites for hydroxylation is 2. The Hall–Kier alpha value is -1.06. The van der Waals surface area contributed by atoms with Gasteiger partial charge < -0.3 is 9.67 Å². The van der Waals surface area contributed by atoms with Gasteiger partial charge in [0, 0.05) is 24.0 Å². The van der Waals surface area contributed by atoms with Crippen LogP contribution >= 0.6 is 11.3 Å². The van der Waals surface area contributed by atoms with Gasteiger partial charge in [-0.3, -0.25) is 0 Å². The minimum absolute atomic E-state index is 0.199. The van der Waals surface area contributed by atoms with Crippen molar-refractivity contribution in [2.75, 3.05) is 0 Å². The molecule has 3 rings (SSSR count). The van der Waals surface area contributed by atoms with E-state index in [0.717, 1.165) is 31.4 Å². The normalized spacial score (nSPS) is 21.3. The zero-order valence-electron chi connectivity index (χ0n) is 11.6. The van der Waals surface area contributed by atoms with Crippen molar-refractivity contribution in [3.05, 3.63) is 45.9 Å². The summed E-state index contributed by atoms with van der Waals surface area (Å²) in [5.74, 6) is 0. The second-order valence-corrected chi connectivity index (χ2v) is 7.13. The molecule has 1 aliphatic carbocycles. The molecule has 0 saturated carbocycles. The molecule has 0 aromatic carbocycles. The van der Waals surface area contributed by atoms with Gasteiger partial charge in [0.25, 0.3) is 0 Å². The second kappa shape index (κ2) is 4.80. The Balaban J connectivity index is 1.80. The van der Waals surface area contributed by atoms with Crippen LogP contribution in [0.1, 0.15) is 43.2 Å². The molecule has 2 aromatic rings. The Kier molecular flexibility index (Phi) is 3.27. The highest BCUT2D eigenvalue weighted by atomic mass is 32.1. The molecule has 102 valence electrons. The van der Waals surface area contributed by atoms with E-state index in [1.54, 1.807) is 11.3 Å². The monoisotopic (exact) mass is 275 g/mol. The fourth-order valence-electron chi connectivity index (χ4n) is 3.08. The minimum Gasteiger partial charge on any atom is -0.388 e. The lowest BCUT2D eigenvalue weighted by atomic mass is 9.75. The zero-order chi connectivity index (χ0) is 13.5. The predicted molar refractivity (Wildman–Crippen MR) is 79.5 cm³/mol. The van der Waals surface area contributed by atoms with Crippen LogP contribution in [-0.2, 0) is 19.4 Å². The van der Waals surface area contributed by atoms with Crippen molar-refractivity contribution in [1.82, 2.24) is 4.57 Å². The van der Waals surface area contributed by atoms with Gasteiger partial charge >= 0.3 is 0 Å². The third-order valence-electron chi connectivity index (χ3n) is 4.09. The number of thiophene rings is 1. The summed E-state index contributed by atoms with van der Waals surface area (Å²) in [5, 5.41) is 14.6. The van der Waals surface area contributed by atoms with E-state index in [4.69, 9.17) is 0 Å². The first-order valence-electron chi connectivity index (χ1n) is 6.92. The molecule has 0 saturated heterocycles. The predicted octanol–water partition coefficient (Wildman–Crippen LogP) is 3.80. The molecule has 1 atom stereocenters. The van der Waals surface area contributed by atoms with E-state index in [1.165, 1.54) is 11.3 Å². The number of aliphatic hydroxyl groups is 1. The molecule has 2 nitrogen and oxygen atoms in total. The highest BCUT2D eigenvalue weighted by Gasteiger charge is 2.32. The van der Waals surface area contributed by atoms with E-state index in [1.807, 2.05) is 0 Å². The number of aromatic nitrogens is 1. The van der Waals surface area contributed by atoms with Crippen LogP contribution < -0.4 is 0 Å². The number of hydrogen-bond acceptors (Lipinski definition) is 2. The summed E-state index contributed by atoms with van der Waals surface area (Å²) in [6, 6.07) is 4.29. The van der Waals surface area contributed by atoms with Crippen molar-refractivity contribution in [1.29, 1.82) is 0 Å². The van der Waals surface area contributed by atoms with E-state index >= 15 is 0 Å². The van der Waals surface area contributed by atoms with Gasteiger partial charge in [-0.2, -0.15) is 11.3 Å². The molecule has 0 fully saturated rings. The summed E-state index contributed by atoms with van der Waals surface area (Å²) in [6.07, 6.45) is 4.86. The molecule has 19 heavy (non-hydrogen) atoms. The minimum atomic E-state index is -0.291. The summed E-state index contributed by atoms with van der Waals surface area (Å²) in [6.45, 7) is 5.50. The van der Waals surface area contributed by atoms with Crippen LogP contribution in [0.15, 0.2) is 29.1 Å². The molecule has 1 N–H and O–H groups in total. The molecule has 0 bridgehead atoms. The lowest BCUT2D eigenvalue weighted by Gasteiger charge is -2.34. The van der Waals surface area contributed by atoms with Crippen LogP contribution in [0.3, 0.4) is 0 Å². The second-order valence-electron chi connectivity index (χ2n) is 6.35. The molecule has 0 amide bonds. The fraction of sp³-hybridized carbons (Fsp3) is 0.500. The molecule has 1 unspecified atom stereocenters. The van der Waals surface area contributed by atoms with Crippen LogP contribution in [0, 0.1) is 5.41 Å². The molecule has 0 aliphatic heterocycles. The van der Waals surface area contributed by atoms with Crippen LogP contribution in [0.5, 0.6) is 0 Å². The number of nitrogens with zero attached hydrogens (tertiary/aromatic N) is 1. The van der Waals surface area contributed by atoms with Crippen molar-refractivity contribution in [3.8, 4) is 0 Å². The third kappa shape index (κ3) is 2.63. The number of rotatable bonds is 3. The number of fused-ring (bicyclic) bond motifs is 1. The lowest BCUT2D eigenvalue weighted by Crippen LogP contribution is -2.26. The largest absolute Gasteiger partial charge is 0.388 e. The van der Waals surface area contributed by atoms with Crippen molar-refractivity contribution in [2.45, 2.75) is 45.8 Å². The fourth-order valence-corrected chi connectivity index (χ4v) is 3.79. The first kappa shape index (κ1) is 12.9. The first-order valence-corrected chi connectivity index (χ1v) is 7.86. The van der Waals surface area contributed by atoms with Crippen LogP contribution in [0.2, 0.25) is 0 Å². The average Bonchev–Trinajstić information content (AvgIpc) is 2.93. The van der Waals surface area contributed by atoms with Crippen LogP contribution in [0.4, 0.5) is 0 Å². The summed E-state index contributed by atoms with van der Waals surface area (Å²) < 4.78 is 2.33. The van der Waals surface area contributed by atoms with Gasteiger partial charge in [-0.05, 0) is 53.1 Å². The lowest BCUT2D eigenvalue weighted by molar-refractivity contribution is 0.0979. The quantitative estimate of drug-likeness (QED) is 0.905.